The summed E-state index contributed by atoms with van der Waals surface area (Å²) in [4.78, 5) is 25.2. The Morgan fingerprint density at radius 1 is 1.17 bits per heavy atom. The number of thioether (sulfide) groups is 1. The van der Waals surface area contributed by atoms with Crippen LogP contribution in [0.25, 0.3) is 0 Å². The van der Waals surface area contributed by atoms with Crippen LogP contribution in [0.1, 0.15) is 17.2 Å². The van der Waals surface area contributed by atoms with E-state index in [4.69, 9.17) is 5.73 Å². The Morgan fingerprint density at radius 2 is 1.87 bits per heavy atom. The van der Waals surface area contributed by atoms with E-state index < -0.39 is 17.8 Å². The number of amides is 2. The third-order valence-electron chi connectivity index (χ3n) is 3.73. The molecule has 23 heavy (non-hydrogen) atoms. The standard InChI is InChI=1S/C17H15FN2O2S/c18-12-7-3-2-6-11(12)15(16(19)21)20-17(22)14-9-10-5-1-4-8-13(10)23-14/h1-8,14-15H,9H2,(H2,19,21)(H,20,22). The lowest BCUT2D eigenvalue weighted by molar-refractivity contribution is -0.127. The highest BCUT2D eigenvalue weighted by Crippen LogP contribution is 2.37. The molecule has 118 valence electrons. The molecule has 3 rings (SSSR count). The van der Waals surface area contributed by atoms with Gasteiger partial charge in [0.05, 0.1) is 5.25 Å². The molecule has 0 radical (unpaired) electrons. The van der Waals surface area contributed by atoms with E-state index in [1.807, 2.05) is 24.3 Å². The summed E-state index contributed by atoms with van der Waals surface area (Å²) in [5, 5.41) is 2.23. The van der Waals surface area contributed by atoms with Crippen molar-refractivity contribution < 1.29 is 14.0 Å². The molecule has 6 heteroatoms. The number of nitrogens with one attached hydrogen (secondary N) is 1. The second kappa shape index (κ2) is 6.42. The summed E-state index contributed by atoms with van der Waals surface area (Å²) in [5.74, 6) is -1.68. The first kappa shape index (κ1) is 15.6. The van der Waals surface area contributed by atoms with Gasteiger partial charge in [-0.25, -0.2) is 4.39 Å². The molecule has 2 unspecified atom stereocenters. The van der Waals surface area contributed by atoms with Gasteiger partial charge in [-0.05, 0) is 24.1 Å². The van der Waals surface area contributed by atoms with Gasteiger partial charge in [0.2, 0.25) is 11.8 Å². The van der Waals surface area contributed by atoms with Gasteiger partial charge in [-0.2, -0.15) is 0 Å². The molecule has 1 aliphatic rings. The number of hydrogen-bond donors (Lipinski definition) is 2. The second-order valence-electron chi connectivity index (χ2n) is 5.28. The first-order valence-corrected chi connectivity index (χ1v) is 8.03. The van der Waals surface area contributed by atoms with Gasteiger partial charge in [-0.15, -0.1) is 11.8 Å². The lowest BCUT2D eigenvalue weighted by atomic mass is 10.0. The molecule has 0 fully saturated rings. The number of benzene rings is 2. The van der Waals surface area contributed by atoms with Gasteiger partial charge in [0.1, 0.15) is 11.9 Å². The van der Waals surface area contributed by atoms with Crippen molar-refractivity contribution in [1.82, 2.24) is 5.32 Å². The summed E-state index contributed by atoms with van der Waals surface area (Å²) < 4.78 is 13.9. The van der Waals surface area contributed by atoms with Crippen molar-refractivity contribution in [2.24, 2.45) is 5.73 Å². The van der Waals surface area contributed by atoms with Crippen molar-refractivity contribution in [2.45, 2.75) is 22.6 Å². The Kier molecular flexibility index (Phi) is 4.34. The van der Waals surface area contributed by atoms with E-state index in [1.54, 1.807) is 6.07 Å². The molecule has 0 saturated heterocycles. The minimum absolute atomic E-state index is 0.0776. The average Bonchev–Trinajstić information content (AvgIpc) is 2.97. The van der Waals surface area contributed by atoms with Gasteiger partial charge in [-0.1, -0.05) is 36.4 Å². The first-order chi connectivity index (χ1) is 11.1. The molecule has 1 heterocycles. The third-order valence-corrected chi connectivity index (χ3v) is 5.04. The zero-order chi connectivity index (χ0) is 16.4. The number of carbonyl (C=O) groups excluding carboxylic acids is 2. The van der Waals surface area contributed by atoms with Crippen LogP contribution < -0.4 is 11.1 Å². The van der Waals surface area contributed by atoms with E-state index >= 15 is 0 Å². The maximum Gasteiger partial charge on any atom is 0.244 e. The minimum Gasteiger partial charge on any atom is -0.368 e. The van der Waals surface area contributed by atoms with Crippen molar-refractivity contribution in [2.75, 3.05) is 0 Å². The predicted molar refractivity (Wildman–Crippen MR) is 86.3 cm³/mol. The molecule has 0 saturated carbocycles. The van der Waals surface area contributed by atoms with E-state index in [9.17, 15) is 14.0 Å². The summed E-state index contributed by atoms with van der Waals surface area (Å²) in [7, 11) is 0. The molecule has 0 spiro atoms. The Hall–Kier alpha value is -2.34. The number of nitrogens with two attached hydrogens (primary N) is 1. The molecule has 2 aromatic carbocycles. The number of fused-ring (bicyclic) bond motifs is 1. The van der Waals surface area contributed by atoms with Crippen LogP contribution in [-0.4, -0.2) is 17.1 Å². The van der Waals surface area contributed by atoms with E-state index in [1.165, 1.54) is 30.0 Å². The van der Waals surface area contributed by atoms with Crippen molar-refractivity contribution in [3.63, 3.8) is 0 Å². The Labute approximate surface area is 137 Å². The van der Waals surface area contributed by atoms with Crippen molar-refractivity contribution in [3.8, 4) is 0 Å². The highest BCUT2D eigenvalue weighted by molar-refractivity contribution is 8.01. The first-order valence-electron chi connectivity index (χ1n) is 7.15. The van der Waals surface area contributed by atoms with Gasteiger partial charge >= 0.3 is 0 Å². The van der Waals surface area contributed by atoms with Crippen molar-refractivity contribution in [3.05, 3.63) is 65.5 Å². The molecule has 0 bridgehead atoms. The Morgan fingerprint density at radius 3 is 2.57 bits per heavy atom. The lowest BCUT2D eigenvalue weighted by Gasteiger charge is -2.18. The van der Waals surface area contributed by atoms with Crippen LogP contribution in [-0.2, 0) is 16.0 Å². The normalized spacial score (nSPS) is 17.3. The fourth-order valence-electron chi connectivity index (χ4n) is 2.57. The molecule has 0 aromatic heterocycles. The van der Waals surface area contributed by atoms with Crippen LogP contribution in [0, 0.1) is 5.82 Å². The fraction of sp³-hybridized carbons (Fsp3) is 0.176. The Balaban J connectivity index is 1.76. The van der Waals surface area contributed by atoms with Crippen LogP contribution in [0.4, 0.5) is 4.39 Å². The van der Waals surface area contributed by atoms with E-state index in [0.717, 1.165) is 10.5 Å². The molecule has 0 aliphatic carbocycles. The predicted octanol–water partition coefficient (Wildman–Crippen LogP) is 2.19. The average molecular weight is 330 g/mol. The van der Waals surface area contributed by atoms with E-state index in [0.29, 0.717) is 6.42 Å². The number of primary amides is 1. The minimum atomic E-state index is -1.17. The van der Waals surface area contributed by atoms with Crippen LogP contribution in [0.3, 0.4) is 0 Å². The monoisotopic (exact) mass is 330 g/mol. The zero-order valence-corrected chi connectivity index (χ0v) is 13.0. The van der Waals surface area contributed by atoms with E-state index in [-0.39, 0.29) is 16.7 Å². The highest BCUT2D eigenvalue weighted by atomic mass is 32.2. The van der Waals surface area contributed by atoms with Gasteiger partial charge < -0.3 is 11.1 Å². The lowest BCUT2D eigenvalue weighted by Crippen LogP contribution is -2.41. The van der Waals surface area contributed by atoms with Gasteiger partial charge in [0, 0.05) is 10.5 Å². The maximum absolute atomic E-state index is 13.9. The summed E-state index contributed by atoms with van der Waals surface area (Å²) >= 11 is 1.44. The van der Waals surface area contributed by atoms with Gasteiger partial charge in [-0.3, -0.25) is 9.59 Å². The topological polar surface area (TPSA) is 72.2 Å². The Bertz CT molecular complexity index is 741. The van der Waals surface area contributed by atoms with Crippen LogP contribution >= 0.6 is 11.8 Å². The molecule has 1 aliphatic heterocycles. The van der Waals surface area contributed by atoms with Crippen LogP contribution in [0.15, 0.2) is 53.4 Å². The maximum atomic E-state index is 13.9. The molecular formula is C17H15FN2O2S. The summed E-state index contributed by atoms with van der Waals surface area (Å²) in [6.45, 7) is 0. The number of hydrogen-bond acceptors (Lipinski definition) is 3. The molecular weight excluding hydrogens is 315 g/mol. The number of halogens is 1. The third kappa shape index (κ3) is 3.22. The largest absolute Gasteiger partial charge is 0.368 e. The van der Waals surface area contributed by atoms with Gasteiger partial charge in [0.25, 0.3) is 0 Å². The van der Waals surface area contributed by atoms with Crippen LogP contribution in [0.2, 0.25) is 0 Å². The smallest absolute Gasteiger partial charge is 0.244 e. The molecule has 2 atom stereocenters. The van der Waals surface area contributed by atoms with Crippen molar-refractivity contribution >= 4 is 23.6 Å². The van der Waals surface area contributed by atoms with Gasteiger partial charge in [0.15, 0.2) is 0 Å². The molecule has 3 N–H and O–H groups in total. The molecule has 2 amide bonds. The second-order valence-corrected chi connectivity index (χ2v) is 6.53. The summed E-state index contributed by atoms with van der Waals surface area (Å²) in [5.41, 5.74) is 6.52. The number of rotatable bonds is 4. The quantitative estimate of drug-likeness (QED) is 0.902. The fourth-order valence-corrected chi connectivity index (χ4v) is 3.78. The highest BCUT2D eigenvalue weighted by Gasteiger charge is 2.31. The zero-order valence-electron chi connectivity index (χ0n) is 12.2. The SMILES string of the molecule is NC(=O)C(NC(=O)C1Cc2ccccc2S1)c1ccccc1F. The molecule has 2 aromatic rings. The van der Waals surface area contributed by atoms with Crippen LogP contribution in [0.5, 0.6) is 0 Å². The summed E-state index contributed by atoms with van der Waals surface area (Å²) in [6, 6.07) is 12.4. The molecule has 4 nitrogen and oxygen atoms in total. The number of carbonyl (C=O) groups is 2. The van der Waals surface area contributed by atoms with Crippen molar-refractivity contribution in [1.29, 1.82) is 0 Å². The van der Waals surface area contributed by atoms with E-state index in [2.05, 4.69) is 5.32 Å². The summed E-state index contributed by atoms with van der Waals surface area (Å²) in [6.07, 6.45) is 0.579.